The Kier molecular flexibility index (Phi) is 5.55. The van der Waals surface area contributed by atoms with Crippen molar-refractivity contribution < 1.29 is 13.2 Å². The molecule has 0 aromatic heterocycles. The lowest BCUT2D eigenvalue weighted by Crippen LogP contribution is -2.33. The maximum atomic E-state index is 12.5. The van der Waals surface area contributed by atoms with E-state index in [-0.39, 0.29) is 5.92 Å². The Labute approximate surface area is 94.8 Å². The number of alkyl halides is 3. The molecule has 5 heteroatoms. The maximum Gasteiger partial charge on any atom is 0.391 e. The largest absolute Gasteiger partial charge is 0.391 e. The van der Waals surface area contributed by atoms with Gasteiger partial charge >= 0.3 is 6.18 Å². The van der Waals surface area contributed by atoms with Gasteiger partial charge < -0.3 is 11.1 Å². The molecular formula is C11H21F3N2. The summed E-state index contributed by atoms with van der Waals surface area (Å²) in [6.07, 6.45) is -0.900. The van der Waals surface area contributed by atoms with Crippen LogP contribution in [-0.4, -0.2) is 25.8 Å². The van der Waals surface area contributed by atoms with Crippen LogP contribution in [0.3, 0.4) is 0 Å². The lowest BCUT2D eigenvalue weighted by atomic mass is 9.81. The minimum absolute atomic E-state index is 0.179. The molecule has 0 heterocycles. The Morgan fingerprint density at radius 3 is 2.62 bits per heavy atom. The summed E-state index contributed by atoms with van der Waals surface area (Å²) in [6.45, 7) is 2.14. The lowest BCUT2D eigenvalue weighted by Gasteiger charge is -2.30. The van der Waals surface area contributed by atoms with Crippen LogP contribution < -0.4 is 11.1 Å². The van der Waals surface area contributed by atoms with Crippen molar-refractivity contribution in [3.8, 4) is 0 Å². The summed E-state index contributed by atoms with van der Waals surface area (Å²) in [5, 5.41) is 3.18. The van der Waals surface area contributed by atoms with Crippen LogP contribution in [0.2, 0.25) is 0 Å². The molecule has 2 unspecified atom stereocenters. The molecule has 0 bridgehead atoms. The second-order valence-electron chi connectivity index (χ2n) is 4.62. The number of hydrogen-bond donors (Lipinski definition) is 2. The summed E-state index contributed by atoms with van der Waals surface area (Å²) in [5.74, 6) is -0.902. The van der Waals surface area contributed by atoms with Crippen molar-refractivity contribution in [3.05, 3.63) is 0 Å². The summed E-state index contributed by atoms with van der Waals surface area (Å²) in [4.78, 5) is 0. The van der Waals surface area contributed by atoms with Crippen molar-refractivity contribution >= 4 is 0 Å². The maximum absolute atomic E-state index is 12.5. The molecule has 1 aliphatic carbocycles. The third-order valence-electron chi connectivity index (χ3n) is 3.24. The van der Waals surface area contributed by atoms with Gasteiger partial charge in [-0.1, -0.05) is 6.42 Å². The third-order valence-corrected chi connectivity index (χ3v) is 3.24. The topological polar surface area (TPSA) is 38.0 Å². The molecule has 96 valence electrons. The number of nitrogens with two attached hydrogens (primary N) is 1. The molecule has 1 saturated carbocycles. The normalized spacial score (nSPS) is 27.0. The van der Waals surface area contributed by atoms with Gasteiger partial charge in [0.05, 0.1) is 5.92 Å². The van der Waals surface area contributed by atoms with E-state index in [4.69, 9.17) is 5.73 Å². The first-order valence-electron chi connectivity index (χ1n) is 6.01. The predicted octanol–water partition coefficient (Wildman–Crippen LogP) is 2.29. The molecule has 0 aromatic rings. The highest BCUT2D eigenvalue weighted by Crippen LogP contribution is 2.39. The first-order valence-corrected chi connectivity index (χ1v) is 6.01. The van der Waals surface area contributed by atoms with E-state index in [1.54, 1.807) is 0 Å². The second kappa shape index (κ2) is 6.45. The van der Waals surface area contributed by atoms with Gasteiger partial charge in [0.15, 0.2) is 0 Å². The molecular weight excluding hydrogens is 217 g/mol. The molecule has 1 rings (SSSR count). The predicted molar refractivity (Wildman–Crippen MR) is 58.0 cm³/mol. The molecule has 16 heavy (non-hydrogen) atoms. The molecule has 2 nitrogen and oxygen atoms in total. The monoisotopic (exact) mass is 238 g/mol. The van der Waals surface area contributed by atoms with E-state index in [9.17, 15) is 13.2 Å². The third kappa shape index (κ3) is 4.70. The van der Waals surface area contributed by atoms with Crippen molar-refractivity contribution in [3.63, 3.8) is 0 Å². The smallest absolute Gasteiger partial charge is 0.330 e. The summed E-state index contributed by atoms with van der Waals surface area (Å²) >= 11 is 0. The lowest BCUT2D eigenvalue weighted by molar-refractivity contribution is -0.185. The molecule has 0 aliphatic heterocycles. The number of nitrogens with one attached hydrogen (secondary N) is 1. The Bertz CT molecular complexity index is 194. The van der Waals surface area contributed by atoms with Gasteiger partial charge in [0.25, 0.3) is 0 Å². The molecule has 1 fully saturated rings. The van der Waals surface area contributed by atoms with Crippen molar-refractivity contribution in [1.82, 2.24) is 5.32 Å². The van der Waals surface area contributed by atoms with Gasteiger partial charge in [0, 0.05) is 0 Å². The number of halogens is 3. The molecule has 3 N–H and O–H groups in total. The highest BCUT2D eigenvalue weighted by Gasteiger charge is 2.41. The van der Waals surface area contributed by atoms with E-state index in [0.29, 0.717) is 32.4 Å². The Morgan fingerprint density at radius 1 is 1.25 bits per heavy atom. The van der Waals surface area contributed by atoms with Crippen molar-refractivity contribution in [1.29, 1.82) is 0 Å². The number of rotatable bonds is 5. The zero-order chi connectivity index (χ0) is 12.0. The molecule has 0 amide bonds. The summed E-state index contributed by atoms with van der Waals surface area (Å²) < 4.78 is 37.6. The summed E-state index contributed by atoms with van der Waals surface area (Å²) in [5.41, 5.74) is 5.34. The van der Waals surface area contributed by atoms with E-state index in [2.05, 4.69) is 5.32 Å². The molecule has 1 aliphatic rings. The van der Waals surface area contributed by atoms with Crippen LogP contribution in [0.15, 0.2) is 0 Å². The Balaban J connectivity index is 2.23. The van der Waals surface area contributed by atoms with Crippen LogP contribution >= 0.6 is 0 Å². The van der Waals surface area contributed by atoms with Gasteiger partial charge in [-0.25, -0.2) is 0 Å². The average Bonchev–Trinajstić information content (AvgIpc) is 2.24. The van der Waals surface area contributed by atoms with Crippen LogP contribution in [0.25, 0.3) is 0 Å². The van der Waals surface area contributed by atoms with Crippen LogP contribution in [-0.2, 0) is 0 Å². The Morgan fingerprint density at radius 2 is 2.00 bits per heavy atom. The SMILES string of the molecule is NCCCNCC1CCCC(C(F)(F)F)C1. The van der Waals surface area contributed by atoms with Gasteiger partial charge in [-0.05, 0) is 51.2 Å². The van der Waals surface area contributed by atoms with Gasteiger partial charge in [0.2, 0.25) is 0 Å². The van der Waals surface area contributed by atoms with Gasteiger partial charge in [-0.3, -0.25) is 0 Å². The first-order chi connectivity index (χ1) is 7.54. The highest BCUT2D eigenvalue weighted by molar-refractivity contribution is 4.78. The van der Waals surface area contributed by atoms with Crippen LogP contribution in [0.1, 0.15) is 32.1 Å². The molecule has 0 saturated heterocycles. The van der Waals surface area contributed by atoms with Gasteiger partial charge in [-0.15, -0.1) is 0 Å². The van der Waals surface area contributed by atoms with Crippen LogP contribution in [0.4, 0.5) is 13.2 Å². The van der Waals surface area contributed by atoms with Gasteiger partial charge in [-0.2, -0.15) is 13.2 Å². The first kappa shape index (κ1) is 13.8. The molecule has 0 spiro atoms. The van der Waals surface area contributed by atoms with Crippen molar-refractivity contribution in [2.24, 2.45) is 17.6 Å². The summed E-state index contributed by atoms with van der Waals surface area (Å²) in [7, 11) is 0. The van der Waals surface area contributed by atoms with E-state index >= 15 is 0 Å². The minimum Gasteiger partial charge on any atom is -0.330 e. The second-order valence-corrected chi connectivity index (χ2v) is 4.62. The minimum atomic E-state index is -4.00. The Hall–Kier alpha value is -0.290. The zero-order valence-corrected chi connectivity index (χ0v) is 9.52. The fraction of sp³-hybridized carbons (Fsp3) is 1.00. The average molecular weight is 238 g/mol. The number of hydrogen-bond acceptors (Lipinski definition) is 2. The molecule has 0 aromatic carbocycles. The van der Waals surface area contributed by atoms with E-state index in [1.807, 2.05) is 0 Å². The zero-order valence-electron chi connectivity index (χ0n) is 9.52. The quantitative estimate of drug-likeness (QED) is 0.721. The molecule has 2 atom stereocenters. The van der Waals surface area contributed by atoms with E-state index < -0.39 is 12.1 Å². The van der Waals surface area contributed by atoms with Crippen LogP contribution in [0, 0.1) is 11.8 Å². The standard InChI is InChI=1S/C11H21F3N2/c12-11(13,14)10-4-1-3-9(7-10)8-16-6-2-5-15/h9-10,16H,1-8,15H2. The summed E-state index contributed by atoms with van der Waals surface area (Å²) in [6, 6.07) is 0. The highest BCUT2D eigenvalue weighted by atomic mass is 19.4. The molecule has 0 radical (unpaired) electrons. The van der Waals surface area contributed by atoms with Crippen molar-refractivity contribution in [2.45, 2.75) is 38.3 Å². The fourth-order valence-electron chi connectivity index (χ4n) is 2.31. The van der Waals surface area contributed by atoms with Crippen LogP contribution in [0.5, 0.6) is 0 Å². The van der Waals surface area contributed by atoms with E-state index in [1.165, 1.54) is 0 Å². The fourth-order valence-corrected chi connectivity index (χ4v) is 2.31. The van der Waals surface area contributed by atoms with Crippen molar-refractivity contribution in [2.75, 3.05) is 19.6 Å². The van der Waals surface area contributed by atoms with Gasteiger partial charge in [0.1, 0.15) is 0 Å². The van der Waals surface area contributed by atoms with E-state index in [0.717, 1.165) is 19.4 Å².